The Morgan fingerprint density at radius 3 is 2.41 bits per heavy atom. The van der Waals surface area contributed by atoms with Crippen molar-refractivity contribution in [3.8, 4) is 0 Å². The highest BCUT2D eigenvalue weighted by atomic mass is 16.3. The van der Waals surface area contributed by atoms with Crippen molar-refractivity contribution in [3.05, 3.63) is 65.2 Å². The molecule has 1 spiro atoms. The maximum absolute atomic E-state index is 13.1. The van der Waals surface area contributed by atoms with E-state index in [1.807, 2.05) is 35.2 Å². The van der Waals surface area contributed by atoms with Gasteiger partial charge in [0.2, 0.25) is 11.8 Å². The molecule has 6 nitrogen and oxygen atoms in total. The van der Waals surface area contributed by atoms with Gasteiger partial charge in [0, 0.05) is 24.7 Å². The number of rotatable bonds is 1. The lowest BCUT2D eigenvalue weighted by atomic mass is 9.81. The Labute approximate surface area is 189 Å². The number of amides is 2. The Balaban J connectivity index is 0.000000165. The Morgan fingerprint density at radius 2 is 1.66 bits per heavy atom. The molecule has 6 rings (SSSR count). The molecule has 1 unspecified atom stereocenters. The number of fused-ring (bicyclic) bond motifs is 3. The van der Waals surface area contributed by atoms with Gasteiger partial charge in [0.05, 0.1) is 6.10 Å². The first-order valence-corrected chi connectivity index (χ1v) is 11.7. The number of aliphatic hydroxyl groups excluding tert-OH is 1. The number of nitrogens with one attached hydrogen (secondary N) is 2. The lowest BCUT2D eigenvalue weighted by Crippen LogP contribution is -2.49. The Bertz CT molecular complexity index is 1020. The van der Waals surface area contributed by atoms with Gasteiger partial charge in [-0.2, -0.15) is 0 Å². The van der Waals surface area contributed by atoms with Crippen LogP contribution in [-0.4, -0.2) is 48.7 Å². The molecule has 2 fully saturated rings. The number of hydrogen-bond acceptors (Lipinski definition) is 4. The second-order valence-corrected chi connectivity index (χ2v) is 9.37. The number of benzene rings is 2. The molecule has 2 amide bonds. The number of aryl methyl sites for hydroxylation is 1. The van der Waals surface area contributed by atoms with Gasteiger partial charge in [-0.25, -0.2) is 0 Å². The lowest BCUT2D eigenvalue weighted by molar-refractivity contribution is -0.125. The minimum Gasteiger partial charge on any atom is -0.393 e. The molecule has 168 valence electrons. The number of carbonyl (C=O) groups is 2. The molecule has 6 heteroatoms. The van der Waals surface area contributed by atoms with Crippen LogP contribution in [0.5, 0.6) is 0 Å². The van der Waals surface area contributed by atoms with Gasteiger partial charge in [0.25, 0.3) is 0 Å². The standard InChI is InChI=1S/C16H19N3O2.C10H12O/c20-14-9-16(10-18-14)12-3-1-2-4-13(12)19(15(16)21)11-5-7-17-8-6-11;11-10-6-5-8-3-1-2-4-9(8)7-10/h1-4,11,17H,5-10H2,(H,18,20);1-4,10-11H,5-7H2/t16-;/m1./s1. The molecule has 2 aromatic rings. The molecule has 2 atom stereocenters. The zero-order valence-electron chi connectivity index (χ0n) is 18.3. The molecule has 0 bridgehead atoms. The largest absolute Gasteiger partial charge is 0.393 e. The van der Waals surface area contributed by atoms with Crippen molar-refractivity contribution < 1.29 is 14.7 Å². The van der Waals surface area contributed by atoms with E-state index in [0.29, 0.717) is 6.54 Å². The summed E-state index contributed by atoms with van der Waals surface area (Å²) in [5.74, 6) is 0.0827. The molecule has 0 saturated carbocycles. The van der Waals surface area contributed by atoms with Crippen LogP contribution in [0, 0.1) is 0 Å². The van der Waals surface area contributed by atoms with Gasteiger partial charge in [-0.05, 0) is 68.0 Å². The Morgan fingerprint density at radius 1 is 0.938 bits per heavy atom. The van der Waals surface area contributed by atoms with Crippen molar-refractivity contribution in [3.63, 3.8) is 0 Å². The molecule has 3 heterocycles. The number of aliphatic hydroxyl groups is 1. The zero-order valence-corrected chi connectivity index (χ0v) is 18.3. The minimum absolute atomic E-state index is 0.0229. The van der Waals surface area contributed by atoms with Crippen LogP contribution in [0.1, 0.15) is 42.4 Å². The van der Waals surface area contributed by atoms with E-state index in [9.17, 15) is 14.7 Å². The fourth-order valence-corrected chi connectivity index (χ4v) is 5.64. The first kappa shape index (κ1) is 21.2. The van der Waals surface area contributed by atoms with Crippen LogP contribution >= 0.6 is 0 Å². The first-order valence-electron chi connectivity index (χ1n) is 11.7. The smallest absolute Gasteiger partial charge is 0.240 e. The molecular weight excluding hydrogens is 402 g/mol. The fourth-order valence-electron chi connectivity index (χ4n) is 5.64. The molecule has 3 N–H and O–H groups in total. The predicted octanol–water partition coefficient (Wildman–Crippen LogP) is 2.08. The van der Waals surface area contributed by atoms with Crippen LogP contribution in [0.15, 0.2) is 48.5 Å². The molecule has 2 saturated heterocycles. The normalized spacial score (nSPS) is 26.9. The van der Waals surface area contributed by atoms with E-state index in [0.717, 1.165) is 56.4 Å². The van der Waals surface area contributed by atoms with Crippen LogP contribution in [0.2, 0.25) is 0 Å². The number of hydrogen-bond donors (Lipinski definition) is 3. The molecule has 32 heavy (non-hydrogen) atoms. The summed E-state index contributed by atoms with van der Waals surface area (Å²) >= 11 is 0. The molecule has 4 aliphatic rings. The van der Waals surface area contributed by atoms with E-state index in [1.54, 1.807) is 0 Å². The highest BCUT2D eigenvalue weighted by Crippen LogP contribution is 2.47. The SMILES string of the molecule is O=C1C[C@]2(CN1)C(=O)N(C1CCNCC1)c1ccccc12.OC1CCc2ccccc2C1. The summed E-state index contributed by atoms with van der Waals surface area (Å²) in [6, 6.07) is 16.6. The van der Waals surface area contributed by atoms with Crippen molar-refractivity contribution in [2.45, 2.75) is 56.1 Å². The van der Waals surface area contributed by atoms with Gasteiger partial charge in [0.15, 0.2) is 0 Å². The summed E-state index contributed by atoms with van der Waals surface area (Å²) in [7, 11) is 0. The third-order valence-corrected chi connectivity index (χ3v) is 7.35. The number of nitrogens with zero attached hydrogens (tertiary/aromatic N) is 1. The Kier molecular flexibility index (Phi) is 5.74. The monoisotopic (exact) mass is 433 g/mol. The molecule has 1 aliphatic carbocycles. The third kappa shape index (κ3) is 3.71. The molecular formula is C26H31N3O3. The van der Waals surface area contributed by atoms with Gasteiger partial charge in [-0.15, -0.1) is 0 Å². The van der Waals surface area contributed by atoms with E-state index < -0.39 is 5.41 Å². The highest BCUT2D eigenvalue weighted by Gasteiger charge is 2.56. The zero-order chi connectivity index (χ0) is 22.1. The molecule has 0 radical (unpaired) electrons. The second-order valence-electron chi connectivity index (χ2n) is 9.37. The minimum atomic E-state index is -0.668. The van der Waals surface area contributed by atoms with E-state index in [-0.39, 0.29) is 30.4 Å². The molecule has 3 aliphatic heterocycles. The van der Waals surface area contributed by atoms with Crippen molar-refractivity contribution in [1.82, 2.24) is 10.6 Å². The maximum Gasteiger partial charge on any atom is 0.240 e. The van der Waals surface area contributed by atoms with Crippen molar-refractivity contribution >= 4 is 17.5 Å². The number of carbonyl (C=O) groups excluding carboxylic acids is 2. The highest BCUT2D eigenvalue weighted by molar-refractivity contribution is 6.12. The second kappa shape index (κ2) is 8.68. The van der Waals surface area contributed by atoms with Crippen molar-refractivity contribution in [2.75, 3.05) is 24.5 Å². The third-order valence-electron chi connectivity index (χ3n) is 7.35. The van der Waals surface area contributed by atoms with Crippen molar-refractivity contribution in [1.29, 1.82) is 0 Å². The summed E-state index contributed by atoms with van der Waals surface area (Å²) in [5.41, 5.74) is 4.10. The summed E-state index contributed by atoms with van der Waals surface area (Å²) in [6.07, 6.45) is 4.93. The average molecular weight is 434 g/mol. The number of piperidine rings is 1. The average Bonchev–Trinajstić information content (AvgIpc) is 3.33. The summed E-state index contributed by atoms with van der Waals surface area (Å²) in [4.78, 5) is 26.9. The quantitative estimate of drug-likeness (QED) is 0.643. The maximum atomic E-state index is 13.1. The summed E-state index contributed by atoms with van der Waals surface area (Å²) in [6.45, 7) is 2.32. The topological polar surface area (TPSA) is 81.7 Å². The van der Waals surface area contributed by atoms with Gasteiger partial charge in [0.1, 0.15) is 5.41 Å². The van der Waals surface area contributed by atoms with Gasteiger partial charge >= 0.3 is 0 Å². The molecule has 2 aromatic carbocycles. The van der Waals surface area contributed by atoms with Crippen LogP contribution in [0.3, 0.4) is 0 Å². The van der Waals surface area contributed by atoms with Crippen LogP contribution < -0.4 is 15.5 Å². The van der Waals surface area contributed by atoms with E-state index in [4.69, 9.17) is 0 Å². The number of para-hydroxylation sites is 1. The van der Waals surface area contributed by atoms with E-state index >= 15 is 0 Å². The molecule has 0 aromatic heterocycles. The Hall–Kier alpha value is -2.70. The fraction of sp³-hybridized carbons (Fsp3) is 0.462. The number of anilines is 1. The van der Waals surface area contributed by atoms with Gasteiger partial charge in [-0.1, -0.05) is 42.5 Å². The van der Waals surface area contributed by atoms with Crippen LogP contribution in [-0.2, 0) is 27.8 Å². The van der Waals surface area contributed by atoms with E-state index in [2.05, 4.69) is 28.8 Å². The van der Waals surface area contributed by atoms with Crippen LogP contribution in [0.4, 0.5) is 5.69 Å². The first-order chi connectivity index (χ1) is 15.6. The van der Waals surface area contributed by atoms with E-state index in [1.165, 1.54) is 11.1 Å². The van der Waals surface area contributed by atoms with Gasteiger partial charge < -0.3 is 20.6 Å². The summed E-state index contributed by atoms with van der Waals surface area (Å²) in [5, 5.41) is 15.5. The lowest BCUT2D eigenvalue weighted by Gasteiger charge is -2.33. The van der Waals surface area contributed by atoms with Crippen molar-refractivity contribution in [2.24, 2.45) is 0 Å². The van der Waals surface area contributed by atoms with Gasteiger partial charge in [-0.3, -0.25) is 9.59 Å². The van der Waals surface area contributed by atoms with Crippen LogP contribution in [0.25, 0.3) is 0 Å². The predicted molar refractivity (Wildman–Crippen MR) is 124 cm³/mol. The summed E-state index contributed by atoms with van der Waals surface area (Å²) < 4.78 is 0.